The standard InChI is InChI=1S/C15H15FN6O/c16-13-5-10(6-17)1-2-11(13)7-21-4-3-12(8-21)22-9-14(15(18)23)19-20-22/h1-2,5,9,12H,3-4,7-8H2,(H2,18,23). The molecule has 0 spiro atoms. The van der Waals surface area contributed by atoms with Crippen LogP contribution in [0.5, 0.6) is 0 Å². The first-order valence-corrected chi connectivity index (χ1v) is 7.19. The van der Waals surface area contributed by atoms with Gasteiger partial charge in [0.2, 0.25) is 0 Å². The van der Waals surface area contributed by atoms with Gasteiger partial charge < -0.3 is 5.73 Å². The number of aromatic nitrogens is 3. The van der Waals surface area contributed by atoms with E-state index in [1.54, 1.807) is 23.0 Å². The minimum atomic E-state index is -0.606. The van der Waals surface area contributed by atoms with Gasteiger partial charge in [0.05, 0.1) is 23.9 Å². The maximum Gasteiger partial charge on any atom is 0.270 e. The zero-order chi connectivity index (χ0) is 16.4. The summed E-state index contributed by atoms with van der Waals surface area (Å²) < 4.78 is 15.6. The van der Waals surface area contributed by atoms with Gasteiger partial charge in [-0.25, -0.2) is 9.07 Å². The number of hydrogen-bond acceptors (Lipinski definition) is 5. The van der Waals surface area contributed by atoms with Crippen LogP contribution >= 0.6 is 0 Å². The average molecular weight is 314 g/mol. The topological polar surface area (TPSA) is 101 Å². The van der Waals surface area contributed by atoms with Gasteiger partial charge in [-0.2, -0.15) is 5.26 Å². The van der Waals surface area contributed by atoms with Crippen LogP contribution in [-0.2, 0) is 6.54 Å². The summed E-state index contributed by atoms with van der Waals surface area (Å²) in [5.41, 5.74) is 6.17. The van der Waals surface area contributed by atoms with Gasteiger partial charge in [-0.15, -0.1) is 5.10 Å². The normalized spacial score (nSPS) is 18.0. The van der Waals surface area contributed by atoms with Crippen molar-refractivity contribution >= 4 is 5.91 Å². The number of amides is 1. The van der Waals surface area contributed by atoms with Crippen molar-refractivity contribution < 1.29 is 9.18 Å². The molecule has 0 aliphatic carbocycles. The zero-order valence-corrected chi connectivity index (χ0v) is 12.3. The smallest absolute Gasteiger partial charge is 0.270 e. The Labute approximate surface area is 132 Å². The number of benzene rings is 1. The van der Waals surface area contributed by atoms with E-state index in [1.807, 2.05) is 6.07 Å². The highest BCUT2D eigenvalue weighted by Crippen LogP contribution is 2.23. The number of nitriles is 1. The van der Waals surface area contributed by atoms with Crippen molar-refractivity contribution in [2.45, 2.75) is 19.0 Å². The molecule has 118 valence electrons. The quantitative estimate of drug-likeness (QED) is 0.901. The molecule has 1 saturated heterocycles. The van der Waals surface area contributed by atoms with E-state index < -0.39 is 5.91 Å². The molecule has 23 heavy (non-hydrogen) atoms. The lowest BCUT2D eigenvalue weighted by Gasteiger charge is -2.16. The van der Waals surface area contributed by atoms with Gasteiger partial charge >= 0.3 is 0 Å². The predicted molar refractivity (Wildman–Crippen MR) is 78.6 cm³/mol. The number of carbonyl (C=O) groups is 1. The molecule has 1 unspecified atom stereocenters. The second kappa shape index (κ2) is 6.14. The van der Waals surface area contributed by atoms with Gasteiger partial charge in [0.1, 0.15) is 5.82 Å². The Morgan fingerprint density at radius 1 is 1.52 bits per heavy atom. The maximum absolute atomic E-state index is 13.9. The molecule has 1 atom stereocenters. The third kappa shape index (κ3) is 3.19. The van der Waals surface area contributed by atoms with Gasteiger partial charge in [0.25, 0.3) is 5.91 Å². The van der Waals surface area contributed by atoms with E-state index >= 15 is 0 Å². The zero-order valence-electron chi connectivity index (χ0n) is 12.3. The van der Waals surface area contributed by atoms with Crippen LogP contribution in [0.15, 0.2) is 24.4 Å². The Morgan fingerprint density at radius 3 is 3.00 bits per heavy atom. The molecular weight excluding hydrogens is 299 g/mol. The van der Waals surface area contributed by atoms with Gasteiger partial charge in [-0.1, -0.05) is 11.3 Å². The van der Waals surface area contributed by atoms with Gasteiger partial charge in [-0.05, 0) is 18.6 Å². The molecule has 2 N–H and O–H groups in total. The van der Waals surface area contributed by atoms with Crippen LogP contribution in [0.4, 0.5) is 4.39 Å². The molecule has 7 nitrogen and oxygen atoms in total. The summed E-state index contributed by atoms with van der Waals surface area (Å²) in [7, 11) is 0. The Morgan fingerprint density at radius 2 is 2.35 bits per heavy atom. The lowest BCUT2D eigenvalue weighted by atomic mass is 10.1. The fourth-order valence-electron chi connectivity index (χ4n) is 2.73. The summed E-state index contributed by atoms with van der Waals surface area (Å²) in [6.45, 7) is 1.93. The minimum absolute atomic E-state index is 0.0806. The van der Waals surface area contributed by atoms with Crippen molar-refractivity contribution in [1.82, 2.24) is 19.9 Å². The van der Waals surface area contributed by atoms with Crippen molar-refractivity contribution in [2.24, 2.45) is 5.73 Å². The highest BCUT2D eigenvalue weighted by Gasteiger charge is 2.26. The molecule has 1 aromatic carbocycles. The van der Waals surface area contributed by atoms with Gasteiger partial charge in [0, 0.05) is 25.2 Å². The Kier molecular flexibility index (Phi) is 4.04. The van der Waals surface area contributed by atoms with Crippen molar-refractivity contribution in [3.63, 3.8) is 0 Å². The van der Waals surface area contributed by atoms with Gasteiger partial charge in [0.15, 0.2) is 5.69 Å². The van der Waals surface area contributed by atoms with E-state index in [-0.39, 0.29) is 17.6 Å². The molecule has 0 saturated carbocycles. The van der Waals surface area contributed by atoms with Crippen molar-refractivity contribution in [1.29, 1.82) is 5.26 Å². The first-order valence-electron chi connectivity index (χ1n) is 7.19. The van der Waals surface area contributed by atoms with E-state index in [0.717, 1.165) is 13.0 Å². The van der Waals surface area contributed by atoms with E-state index in [4.69, 9.17) is 11.0 Å². The molecule has 1 amide bonds. The number of likely N-dealkylation sites (tertiary alicyclic amines) is 1. The first kappa shape index (κ1) is 15.1. The minimum Gasteiger partial charge on any atom is -0.364 e. The number of primary amides is 1. The fourth-order valence-corrected chi connectivity index (χ4v) is 2.73. The summed E-state index contributed by atoms with van der Waals surface area (Å²) in [5.74, 6) is -0.977. The number of hydrogen-bond donors (Lipinski definition) is 1. The average Bonchev–Trinajstić information content (AvgIpc) is 3.18. The molecule has 1 aliphatic heterocycles. The lowest BCUT2D eigenvalue weighted by molar-refractivity contribution is 0.0995. The molecule has 2 heterocycles. The monoisotopic (exact) mass is 314 g/mol. The van der Waals surface area contributed by atoms with Crippen LogP contribution in [-0.4, -0.2) is 38.9 Å². The predicted octanol–water partition coefficient (Wildman–Crippen LogP) is 0.835. The molecule has 3 rings (SSSR count). The molecule has 0 radical (unpaired) electrons. The van der Waals surface area contributed by atoms with Crippen LogP contribution in [0.3, 0.4) is 0 Å². The Hall–Kier alpha value is -2.79. The first-order chi connectivity index (χ1) is 11.1. The third-order valence-electron chi connectivity index (χ3n) is 3.96. The lowest BCUT2D eigenvalue weighted by Crippen LogP contribution is -2.22. The number of nitrogens with two attached hydrogens (primary N) is 1. The summed E-state index contributed by atoms with van der Waals surface area (Å²) in [5, 5.41) is 16.4. The van der Waals surface area contributed by atoms with Crippen molar-refractivity contribution in [3.05, 3.63) is 47.0 Å². The highest BCUT2D eigenvalue weighted by molar-refractivity contribution is 5.90. The van der Waals surface area contributed by atoms with E-state index in [1.165, 1.54) is 6.07 Å². The third-order valence-corrected chi connectivity index (χ3v) is 3.96. The van der Waals surface area contributed by atoms with Crippen molar-refractivity contribution in [2.75, 3.05) is 13.1 Å². The molecule has 0 bridgehead atoms. The number of carbonyl (C=O) groups excluding carboxylic acids is 1. The molecule has 2 aromatic rings. The van der Waals surface area contributed by atoms with Crippen LogP contribution in [0.2, 0.25) is 0 Å². The molecular formula is C15H15FN6O. The molecule has 8 heteroatoms. The SMILES string of the molecule is N#Cc1ccc(CN2CCC(n3cc(C(N)=O)nn3)C2)c(F)c1. The molecule has 1 fully saturated rings. The van der Waals surface area contributed by atoms with Crippen LogP contribution in [0.1, 0.15) is 34.1 Å². The van der Waals surface area contributed by atoms with Crippen LogP contribution < -0.4 is 5.73 Å². The second-order valence-electron chi connectivity index (χ2n) is 5.54. The molecule has 1 aliphatic rings. The summed E-state index contributed by atoms with van der Waals surface area (Å²) >= 11 is 0. The maximum atomic E-state index is 13.9. The number of nitrogens with zero attached hydrogens (tertiary/aromatic N) is 5. The number of rotatable bonds is 4. The largest absolute Gasteiger partial charge is 0.364 e. The number of halogens is 1. The van der Waals surface area contributed by atoms with Crippen LogP contribution in [0.25, 0.3) is 0 Å². The summed E-state index contributed by atoms with van der Waals surface area (Å²) in [4.78, 5) is 13.2. The summed E-state index contributed by atoms with van der Waals surface area (Å²) in [6.07, 6.45) is 2.37. The van der Waals surface area contributed by atoms with Crippen LogP contribution in [0, 0.1) is 17.1 Å². The summed E-state index contributed by atoms with van der Waals surface area (Å²) in [6, 6.07) is 6.50. The van der Waals surface area contributed by atoms with E-state index in [9.17, 15) is 9.18 Å². The van der Waals surface area contributed by atoms with E-state index in [0.29, 0.717) is 24.2 Å². The fraction of sp³-hybridized carbons (Fsp3) is 0.333. The Balaban J connectivity index is 1.66. The molecule has 1 aromatic heterocycles. The Bertz CT molecular complexity index is 781. The highest BCUT2D eigenvalue weighted by atomic mass is 19.1. The second-order valence-corrected chi connectivity index (χ2v) is 5.54. The van der Waals surface area contributed by atoms with Gasteiger partial charge in [-0.3, -0.25) is 9.69 Å². The van der Waals surface area contributed by atoms with Crippen molar-refractivity contribution in [3.8, 4) is 6.07 Å². The van der Waals surface area contributed by atoms with E-state index in [2.05, 4.69) is 15.2 Å².